The second-order valence-electron chi connectivity index (χ2n) is 5.12. The Morgan fingerprint density at radius 3 is 2.44 bits per heavy atom. The molecule has 1 amide bonds. The molecule has 0 unspecified atom stereocenters. The predicted octanol–water partition coefficient (Wildman–Crippen LogP) is 2.32. The van der Waals surface area contributed by atoms with Crippen LogP contribution in [0.2, 0.25) is 0 Å². The van der Waals surface area contributed by atoms with Crippen molar-refractivity contribution in [3.8, 4) is 0 Å². The van der Waals surface area contributed by atoms with Gasteiger partial charge in [-0.3, -0.25) is 9.59 Å². The summed E-state index contributed by atoms with van der Waals surface area (Å²) in [7, 11) is 1.63. The van der Waals surface area contributed by atoms with Crippen LogP contribution in [0.15, 0.2) is 24.3 Å². The minimum Gasteiger partial charge on any atom is -0.481 e. The third-order valence-electron chi connectivity index (χ3n) is 3.06. The zero-order valence-electron chi connectivity index (χ0n) is 11.2. The van der Waals surface area contributed by atoms with Gasteiger partial charge in [0.15, 0.2) is 0 Å². The van der Waals surface area contributed by atoms with Gasteiger partial charge in [0.2, 0.25) is 0 Å². The molecule has 0 radical (unpaired) electrons. The number of rotatable bonds is 4. The molecule has 1 rings (SSSR count). The smallest absolute Gasteiger partial charge is 0.305 e. The first-order valence-electron chi connectivity index (χ1n) is 5.80. The van der Waals surface area contributed by atoms with Gasteiger partial charge < -0.3 is 10.0 Å². The molecule has 0 aliphatic heterocycles. The second-order valence-corrected chi connectivity index (χ2v) is 5.12. The van der Waals surface area contributed by atoms with E-state index in [0.717, 1.165) is 5.56 Å². The summed E-state index contributed by atoms with van der Waals surface area (Å²) in [6.07, 6.45) is -0.0823. The standard InChI is InChI=1S/C14H19NO3/c1-10-6-5-7-11(8-10)13(18)15(4)14(2,3)9-12(16)17/h5-8H,9H2,1-4H3,(H,16,17). The Kier molecular flexibility index (Phi) is 4.11. The number of aryl methyl sites for hydroxylation is 1. The monoisotopic (exact) mass is 249 g/mol. The molecular weight excluding hydrogens is 230 g/mol. The molecule has 98 valence electrons. The maximum absolute atomic E-state index is 12.3. The molecule has 1 aromatic rings. The first kappa shape index (κ1) is 14.2. The number of carbonyl (C=O) groups is 2. The Balaban J connectivity index is 2.93. The van der Waals surface area contributed by atoms with Gasteiger partial charge >= 0.3 is 5.97 Å². The molecule has 4 nitrogen and oxygen atoms in total. The lowest BCUT2D eigenvalue weighted by Gasteiger charge is -2.34. The summed E-state index contributed by atoms with van der Waals surface area (Å²) < 4.78 is 0. The van der Waals surface area contributed by atoms with Gasteiger partial charge in [0.1, 0.15) is 0 Å². The van der Waals surface area contributed by atoms with E-state index in [1.54, 1.807) is 33.0 Å². The van der Waals surface area contributed by atoms with E-state index in [9.17, 15) is 9.59 Å². The van der Waals surface area contributed by atoms with Gasteiger partial charge in [0, 0.05) is 18.2 Å². The Bertz CT molecular complexity index is 466. The fraction of sp³-hybridized carbons (Fsp3) is 0.429. The highest BCUT2D eigenvalue weighted by Crippen LogP contribution is 2.20. The van der Waals surface area contributed by atoms with Crippen molar-refractivity contribution in [2.75, 3.05) is 7.05 Å². The molecule has 0 spiro atoms. The second kappa shape index (κ2) is 5.21. The molecule has 0 fully saturated rings. The molecule has 0 saturated heterocycles. The number of carbonyl (C=O) groups excluding carboxylic acids is 1. The van der Waals surface area contributed by atoms with E-state index in [2.05, 4.69) is 0 Å². The van der Waals surface area contributed by atoms with Gasteiger partial charge in [-0.25, -0.2) is 0 Å². The average molecular weight is 249 g/mol. The van der Waals surface area contributed by atoms with Crippen LogP contribution in [0.25, 0.3) is 0 Å². The number of hydrogen-bond donors (Lipinski definition) is 1. The molecule has 0 saturated carbocycles. The van der Waals surface area contributed by atoms with Crippen LogP contribution in [0.3, 0.4) is 0 Å². The maximum atomic E-state index is 12.3. The van der Waals surface area contributed by atoms with Crippen LogP contribution in [0.1, 0.15) is 36.2 Å². The predicted molar refractivity (Wildman–Crippen MR) is 69.6 cm³/mol. The number of carboxylic acids is 1. The number of benzene rings is 1. The van der Waals surface area contributed by atoms with Crippen molar-refractivity contribution >= 4 is 11.9 Å². The van der Waals surface area contributed by atoms with Crippen LogP contribution in [-0.4, -0.2) is 34.5 Å². The highest BCUT2D eigenvalue weighted by molar-refractivity contribution is 5.95. The number of amides is 1. The highest BCUT2D eigenvalue weighted by atomic mass is 16.4. The van der Waals surface area contributed by atoms with E-state index in [1.165, 1.54) is 4.90 Å². The minimum atomic E-state index is -0.913. The first-order chi connectivity index (χ1) is 8.24. The van der Waals surface area contributed by atoms with Crippen molar-refractivity contribution in [2.24, 2.45) is 0 Å². The summed E-state index contributed by atoms with van der Waals surface area (Å²) in [6.45, 7) is 5.41. The number of nitrogens with zero attached hydrogens (tertiary/aromatic N) is 1. The normalized spacial score (nSPS) is 11.1. The zero-order valence-corrected chi connectivity index (χ0v) is 11.2. The van der Waals surface area contributed by atoms with Gasteiger partial charge in [0.25, 0.3) is 5.91 Å². The van der Waals surface area contributed by atoms with Crippen molar-refractivity contribution in [3.63, 3.8) is 0 Å². The van der Waals surface area contributed by atoms with Crippen molar-refractivity contribution in [1.29, 1.82) is 0 Å². The van der Waals surface area contributed by atoms with Crippen LogP contribution in [-0.2, 0) is 4.79 Å². The minimum absolute atomic E-state index is 0.0823. The SMILES string of the molecule is Cc1cccc(C(=O)N(C)C(C)(C)CC(=O)O)c1. The van der Waals surface area contributed by atoms with Gasteiger partial charge in [-0.05, 0) is 32.9 Å². The van der Waals surface area contributed by atoms with Crippen molar-refractivity contribution in [3.05, 3.63) is 35.4 Å². The zero-order chi connectivity index (χ0) is 13.9. The Morgan fingerprint density at radius 2 is 1.94 bits per heavy atom. The number of aliphatic carboxylic acids is 1. The van der Waals surface area contributed by atoms with E-state index in [-0.39, 0.29) is 12.3 Å². The molecule has 4 heteroatoms. The summed E-state index contributed by atoms with van der Waals surface area (Å²) in [4.78, 5) is 24.5. The lowest BCUT2D eigenvalue weighted by Crippen LogP contribution is -2.46. The van der Waals surface area contributed by atoms with Crippen LogP contribution in [0.4, 0.5) is 0 Å². The number of carboxylic acid groups (broad SMARTS) is 1. The molecule has 1 N–H and O–H groups in total. The first-order valence-corrected chi connectivity index (χ1v) is 5.80. The number of hydrogen-bond acceptors (Lipinski definition) is 2. The molecule has 0 aromatic heterocycles. The van der Waals surface area contributed by atoms with E-state index in [0.29, 0.717) is 5.56 Å². The Hall–Kier alpha value is -1.84. The summed E-state index contributed by atoms with van der Waals surface area (Å²) in [5.41, 5.74) is 0.869. The topological polar surface area (TPSA) is 57.6 Å². The van der Waals surface area contributed by atoms with Gasteiger partial charge in [-0.1, -0.05) is 17.7 Å². The third-order valence-corrected chi connectivity index (χ3v) is 3.06. The fourth-order valence-corrected chi connectivity index (χ4v) is 1.74. The molecule has 18 heavy (non-hydrogen) atoms. The van der Waals surface area contributed by atoms with Crippen LogP contribution >= 0.6 is 0 Å². The fourth-order valence-electron chi connectivity index (χ4n) is 1.74. The van der Waals surface area contributed by atoms with Gasteiger partial charge in [-0.2, -0.15) is 0 Å². The molecular formula is C14H19NO3. The maximum Gasteiger partial charge on any atom is 0.305 e. The summed E-state index contributed by atoms with van der Waals surface area (Å²) in [5.74, 6) is -1.08. The molecule has 0 aliphatic rings. The van der Waals surface area contributed by atoms with E-state index in [1.807, 2.05) is 19.1 Å². The molecule has 0 atom stereocenters. The highest BCUT2D eigenvalue weighted by Gasteiger charge is 2.30. The summed E-state index contributed by atoms with van der Waals surface area (Å²) in [5, 5.41) is 8.86. The van der Waals surface area contributed by atoms with Crippen LogP contribution in [0, 0.1) is 6.92 Å². The van der Waals surface area contributed by atoms with E-state index in [4.69, 9.17) is 5.11 Å². The lowest BCUT2D eigenvalue weighted by atomic mass is 9.97. The van der Waals surface area contributed by atoms with Gasteiger partial charge in [0.05, 0.1) is 6.42 Å². The van der Waals surface area contributed by atoms with Gasteiger partial charge in [-0.15, -0.1) is 0 Å². The van der Waals surface area contributed by atoms with E-state index >= 15 is 0 Å². The molecule has 1 aromatic carbocycles. The lowest BCUT2D eigenvalue weighted by molar-refractivity contribution is -0.139. The van der Waals surface area contributed by atoms with Crippen LogP contribution < -0.4 is 0 Å². The van der Waals surface area contributed by atoms with Crippen LogP contribution in [0.5, 0.6) is 0 Å². The van der Waals surface area contributed by atoms with Crippen molar-refractivity contribution in [1.82, 2.24) is 4.90 Å². The summed E-state index contributed by atoms with van der Waals surface area (Å²) >= 11 is 0. The van der Waals surface area contributed by atoms with E-state index < -0.39 is 11.5 Å². The molecule has 0 bridgehead atoms. The van der Waals surface area contributed by atoms with Crippen molar-refractivity contribution < 1.29 is 14.7 Å². The molecule has 0 aliphatic carbocycles. The average Bonchev–Trinajstić information content (AvgIpc) is 2.25. The Morgan fingerprint density at radius 1 is 1.33 bits per heavy atom. The third kappa shape index (κ3) is 3.32. The van der Waals surface area contributed by atoms with Crippen molar-refractivity contribution in [2.45, 2.75) is 32.7 Å². The Labute approximate surface area is 107 Å². The largest absolute Gasteiger partial charge is 0.481 e. The quantitative estimate of drug-likeness (QED) is 0.891. The molecule has 0 heterocycles. The summed E-state index contributed by atoms with van der Waals surface area (Å²) in [6, 6.07) is 7.28.